The van der Waals surface area contributed by atoms with E-state index in [1.54, 1.807) is 25.4 Å². The number of hydrogen-bond acceptors (Lipinski definition) is 3. The number of piperidine rings is 1. The summed E-state index contributed by atoms with van der Waals surface area (Å²) in [7, 11) is 1.68. The Morgan fingerprint density at radius 1 is 1.50 bits per heavy atom. The van der Waals surface area contributed by atoms with Crippen LogP contribution in [0.1, 0.15) is 26.2 Å². The number of anilines is 1. The predicted molar refractivity (Wildman–Crippen MR) is 79.7 cm³/mol. The minimum Gasteiger partial charge on any atom is -0.321 e. The highest BCUT2D eigenvalue weighted by Crippen LogP contribution is 2.24. The van der Waals surface area contributed by atoms with Gasteiger partial charge in [0.25, 0.3) is 5.56 Å². The molecule has 1 unspecified atom stereocenters. The van der Waals surface area contributed by atoms with E-state index < -0.39 is 0 Å². The van der Waals surface area contributed by atoms with Crippen LogP contribution in [0.2, 0.25) is 0 Å². The lowest BCUT2D eigenvalue weighted by atomic mass is 9.84. The van der Waals surface area contributed by atoms with Gasteiger partial charge in [0, 0.05) is 19.7 Å². The fourth-order valence-electron chi connectivity index (χ4n) is 2.77. The first kappa shape index (κ1) is 14.8. The third kappa shape index (κ3) is 3.70. The normalized spacial score (nSPS) is 17.7. The number of hydrogen-bond donors (Lipinski definition) is 2. The molecule has 0 aromatic carbocycles. The van der Waals surface area contributed by atoms with Crippen LogP contribution in [0.4, 0.5) is 5.69 Å². The van der Waals surface area contributed by atoms with Gasteiger partial charge >= 0.3 is 0 Å². The maximum Gasteiger partial charge on any atom is 0.274 e. The van der Waals surface area contributed by atoms with E-state index in [1.165, 1.54) is 4.57 Å². The lowest BCUT2D eigenvalue weighted by Gasteiger charge is -2.27. The predicted octanol–water partition coefficient (Wildman–Crippen LogP) is 1.35. The van der Waals surface area contributed by atoms with E-state index in [0.29, 0.717) is 23.9 Å². The summed E-state index contributed by atoms with van der Waals surface area (Å²) in [4.78, 5) is 23.9. The monoisotopic (exact) mass is 277 g/mol. The largest absolute Gasteiger partial charge is 0.321 e. The van der Waals surface area contributed by atoms with Gasteiger partial charge in [0.05, 0.1) is 0 Å². The highest BCUT2D eigenvalue weighted by Gasteiger charge is 2.22. The van der Waals surface area contributed by atoms with Crippen LogP contribution in [0.5, 0.6) is 0 Å². The lowest BCUT2D eigenvalue weighted by molar-refractivity contribution is -0.117. The Bertz CT molecular complexity index is 518. The number of rotatable bonds is 4. The van der Waals surface area contributed by atoms with Crippen LogP contribution < -0.4 is 16.2 Å². The standard InChI is InChI=1S/C15H23N3O2/c1-11(12-5-7-16-8-6-12)10-14(19)17-13-4-3-9-18(2)15(13)20/h3-4,9,11-12,16H,5-8,10H2,1-2H3,(H,17,19). The first-order chi connectivity index (χ1) is 9.58. The Labute approximate surface area is 119 Å². The third-order valence-electron chi connectivity index (χ3n) is 4.09. The average Bonchev–Trinajstić information content (AvgIpc) is 2.45. The molecule has 0 spiro atoms. The SMILES string of the molecule is CC(CC(=O)Nc1cccn(C)c1=O)C1CCNCC1. The number of carbonyl (C=O) groups is 1. The summed E-state index contributed by atoms with van der Waals surface area (Å²) in [6, 6.07) is 3.41. The average molecular weight is 277 g/mol. The minimum atomic E-state index is -0.171. The molecule has 1 amide bonds. The zero-order valence-corrected chi connectivity index (χ0v) is 12.2. The molecule has 1 aromatic rings. The number of carbonyl (C=O) groups excluding carboxylic acids is 1. The topological polar surface area (TPSA) is 63.1 Å². The number of amides is 1. The van der Waals surface area contributed by atoms with E-state index in [-0.39, 0.29) is 11.5 Å². The quantitative estimate of drug-likeness (QED) is 0.873. The Morgan fingerprint density at radius 3 is 2.90 bits per heavy atom. The van der Waals surface area contributed by atoms with Crippen molar-refractivity contribution in [3.63, 3.8) is 0 Å². The molecule has 1 atom stereocenters. The number of pyridine rings is 1. The van der Waals surface area contributed by atoms with Gasteiger partial charge in [0.1, 0.15) is 5.69 Å². The van der Waals surface area contributed by atoms with Crippen LogP contribution in [0.3, 0.4) is 0 Å². The van der Waals surface area contributed by atoms with E-state index in [1.807, 2.05) is 0 Å². The Hall–Kier alpha value is -1.62. The van der Waals surface area contributed by atoms with Crippen LogP contribution in [0.15, 0.2) is 23.1 Å². The van der Waals surface area contributed by atoms with Gasteiger partial charge in [0.2, 0.25) is 5.91 Å². The molecule has 0 aliphatic carbocycles. The molecule has 2 rings (SSSR count). The minimum absolute atomic E-state index is 0.0701. The number of nitrogens with one attached hydrogen (secondary N) is 2. The van der Waals surface area contributed by atoms with E-state index >= 15 is 0 Å². The molecule has 5 nitrogen and oxygen atoms in total. The fraction of sp³-hybridized carbons (Fsp3) is 0.600. The highest BCUT2D eigenvalue weighted by molar-refractivity contribution is 5.90. The van der Waals surface area contributed by atoms with Gasteiger partial charge in [-0.15, -0.1) is 0 Å². The molecule has 0 saturated carbocycles. The molecule has 1 fully saturated rings. The van der Waals surface area contributed by atoms with Crippen molar-refractivity contribution in [3.8, 4) is 0 Å². The Balaban J connectivity index is 1.91. The summed E-state index contributed by atoms with van der Waals surface area (Å²) >= 11 is 0. The first-order valence-corrected chi connectivity index (χ1v) is 7.24. The molecule has 0 radical (unpaired) electrons. The summed E-state index contributed by atoms with van der Waals surface area (Å²) in [5.41, 5.74) is 0.188. The van der Waals surface area contributed by atoms with Crippen molar-refractivity contribution in [2.45, 2.75) is 26.2 Å². The van der Waals surface area contributed by atoms with Crippen molar-refractivity contribution in [3.05, 3.63) is 28.7 Å². The third-order valence-corrected chi connectivity index (χ3v) is 4.09. The van der Waals surface area contributed by atoms with Gasteiger partial charge in [-0.25, -0.2) is 0 Å². The first-order valence-electron chi connectivity index (χ1n) is 7.24. The summed E-state index contributed by atoms with van der Waals surface area (Å²) in [5.74, 6) is 0.879. The van der Waals surface area contributed by atoms with Crippen molar-refractivity contribution in [2.24, 2.45) is 18.9 Å². The van der Waals surface area contributed by atoms with Crippen molar-refractivity contribution in [2.75, 3.05) is 18.4 Å². The molecule has 1 saturated heterocycles. The summed E-state index contributed by atoms with van der Waals surface area (Å²) in [6.07, 6.45) is 4.40. The molecule has 2 heterocycles. The molecule has 2 N–H and O–H groups in total. The second-order valence-electron chi connectivity index (χ2n) is 5.65. The van der Waals surface area contributed by atoms with Gasteiger partial charge < -0.3 is 15.2 Å². The molecule has 20 heavy (non-hydrogen) atoms. The Kier molecular flexibility index (Phi) is 4.95. The van der Waals surface area contributed by atoms with Crippen LogP contribution >= 0.6 is 0 Å². The summed E-state index contributed by atoms with van der Waals surface area (Å²) < 4.78 is 1.46. The molecular weight excluding hydrogens is 254 g/mol. The van der Waals surface area contributed by atoms with E-state index in [4.69, 9.17) is 0 Å². The molecule has 5 heteroatoms. The van der Waals surface area contributed by atoms with E-state index in [9.17, 15) is 9.59 Å². The zero-order valence-electron chi connectivity index (χ0n) is 12.2. The zero-order chi connectivity index (χ0) is 14.5. The summed E-state index contributed by atoms with van der Waals surface area (Å²) in [5, 5.41) is 6.06. The van der Waals surface area contributed by atoms with Crippen molar-refractivity contribution < 1.29 is 4.79 Å². The lowest BCUT2D eigenvalue weighted by Crippen LogP contribution is -2.32. The van der Waals surface area contributed by atoms with E-state index in [0.717, 1.165) is 25.9 Å². The number of aromatic nitrogens is 1. The molecule has 1 aromatic heterocycles. The molecular formula is C15H23N3O2. The Morgan fingerprint density at radius 2 is 2.20 bits per heavy atom. The fourth-order valence-corrected chi connectivity index (χ4v) is 2.77. The van der Waals surface area contributed by atoms with Gasteiger partial charge in [-0.05, 0) is 49.9 Å². The van der Waals surface area contributed by atoms with Crippen LogP contribution in [-0.2, 0) is 11.8 Å². The van der Waals surface area contributed by atoms with Crippen molar-refractivity contribution >= 4 is 11.6 Å². The van der Waals surface area contributed by atoms with Gasteiger partial charge in [0.15, 0.2) is 0 Å². The molecule has 1 aliphatic rings. The number of nitrogens with zero attached hydrogens (tertiary/aromatic N) is 1. The van der Waals surface area contributed by atoms with Gasteiger partial charge in [-0.2, -0.15) is 0 Å². The number of aryl methyl sites for hydroxylation is 1. The maximum atomic E-state index is 12.1. The molecule has 1 aliphatic heterocycles. The van der Waals surface area contributed by atoms with Gasteiger partial charge in [-0.1, -0.05) is 6.92 Å². The molecule has 110 valence electrons. The second kappa shape index (κ2) is 6.70. The van der Waals surface area contributed by atoms with Crippen molar-refractivity contribution in [1.29, 1.82) is 0 Å². The van der Waals surface area contributed by atoms with Crippen LogP contribution in [0, 0.1) is 11.8 Å². The summed E-state index contributed by atoms with van der Waals surface area (Å²) in [6.45, 7) is 4.20. The van der Waals surface area contributed by atoms with Crippen molar-refractivity contribution in [1.82, 2.24) is 9.88 Å². The maximum absolute atomic E-state index is 12.1. The second-order valence-corrected chi connectivity index (χ2v) is 5.65. The van der Waals surface area contributed by atoms with Crippen LogP contribution in [-0.4, -0.2) is 23.6 Å². The van der Waals surface area contributed by atoms with Crippen LogP contribution in [0.25, 0.3) is 0 Å². The van der Waals surface area contributed by atoms with E-state index in [2.05, 4.69) is 17.6 Å². The highest BCUT2D eigenvalue weighted by atomic mass is 16.2. The molecule has 0 bridgehead atoms. The van der Waals surface area contributed by atoms with Gasteiger partial charge in [-0.3, -0.25) is 9.59 Å². The smallest absolute Gasteiger partial charge is 0.274 e.